The maximum absolute atomic E-state index is 15.4. The molecule has 3 fully saturated rings. The highest BCUT2D eigenvalue weighted by Gasteiger charge is 2.57. The van der Waals surface area contributed by atoms with Crippen LogP contribution < -0.4 is 0 Å². The van der Waals surface area contributed by atoms with Gasteiger partial charge in [0.25, 0.3) is 11.7 Å². The standard InChI is InChI=1S/C63H109NO13Si/c1-15-20-29-62(30-21-16-2,31-22-17-3)78(14,35-23-18-4)77-53-42-51(66)49(19-5)37-43(6)36-44(7)38-55(72-12)58-56(73-13)40-46(9)63(70,76-58)59(67)60(68)64-32-25-24-26-50(64)61(69)75-57(47(53)10)45(8)39-48-27-28-52(74-34-33-65)54(41-48)71-11/h33,37,39,44,46-50,52-58,70H,15-32,34-36,38,40-42H2,1-14H3. The number of rotatable bonds is 24. The fraction of sp³-hybridized carbons (Fsp3) is 0.857. The van der Waals surface area contributed by atoms with E-state index in [1.54, 1.807) is 28.3 Å². The van der Waals surface area contributed by atoms with Gasteiger partial charge in [-0.2, -0.15) is 0 Å². The van der Waals surface area contributed by atoms with Crippen LogP contribution in [-0.4, -0.2) is 137 Å². The van der Waals surface area contributed by atoms with Crippen LogP contribution >= 0.6 is 0 Å². The lowest BCUT2D eigenvalue weighted by molar-refractivity contribution is -0.302. The highest BCUT2D eigenvalue weighted by molar-refractivity contribution is 6.75. The van der Waals surface area contributed by atoms with Gasteiger partial charge in [0, 0.05) is 52.0 Å². The van der Waals surface area contributed by atoms with Crippen molar-refractivity contribution in [2.75, 3.05) is 34.5 Å². The summed E-state index contributed by atoms with van der Waals surface area (Å²) in [6.45, 7) is 23.6. The fourth-order valence-corrected chi connectivity index (χ4v) is 18.9. The third-order valence-electron chi connectivity index (χ3n) is 18.8. The lowest BCUT2D eigenvalue weighted by Crippen LogP contribution is -2.64. The van der Waals surface area contributed by atoms with Crippen LogP contribution in [0.2, 0.25) is 17.6 Å². The van der Waals surface area contributed by atoms with Crippen molar-refractivity contribution in [2.24, 2.45) is 29.6 Å². The first-order chi connectivity index (χ1) is 37.2. The largest absolute Gasteiger partial charge is 0.456 e. The molecule has 1 N–H and O–H groups in total. The Bertz CT molecular complexity index is 1920. The molecule has 0 aromatic rings. The van der Waals surface area contributed by atoms with Crippen molar-refractivity contribution in [1.82, 2.24) is 4.90 Å². The minimum absolute atomic E-state index is 0.00903. The molecule has 0 spiro atoms. The van der Waals surface area contributed by atoms with E-state index in [4.69, 9.17) is 32.8 Å². The van der Waals surface area contributed by atoms with Crippen molar-refractivity contribution in [3.63, 3.8) is 0 Å². The number of esters is 1. The summed E-state index contributed by atoms with van der Waals surface area (Å²) in [7, 11) is 2.00. The van der Waals surface area contributed by atoms with Crippen LogP contribution in [0.4, 0.5) is 0 Å². The molecule has 0 aromatic carbocycles. The van der Waals surface area contributed by atoms with Crippen molar-refractivity contribution in [3.8, 4) is 0 Å². The number of amides is 1. The van der Waals surface area contributed by atoms with Gasteiger partial charge in [0.1, 0.15) is 36.9 Å². The zero-order valence-electron chi connectivity index (χ0n) is 51.2. The molecule has 4 rings (SSSR count). The van der Waals surface area contributed by atoms with E-state index in [0.29, 0.717) is 44.9 Å². The number of ether oxygens (including phenoxy) is 6. The van der Waals surface area contributed by atoms with E-state index in [-0.39, 0.29) is 73.2 Å². The Morgan fingerprint density at radius 3 is 2.00 bits per heavy atom. The number of carbonyl (C=O) groups excluding carboxylic acids is 5. The number of hydrogen-bond donors (Lipinski definition) is 1. The number of aliphatic hydroxyl groups is 1. The Morgan fingerprint density at radius 1 is 0.808 bits per heavy atom. The highest BCUT2D eigenvalue weighted by atomic mass is 28.4. The van der Waals surface area contributed by atoms with Crippen LogP contribution in [0.3, 0.4) is 0 Å². The van der Waals surface area contributed by atoms with E-state index in [1.165, 1.54) is 4.90 Å². The fourth-order valence-electron chi connectivity index (χ4n) is 13.9. The molecule has 0 radical (unpaired) electrons. The zero-order valence-corrected chi connectivity index (χ0v) is 52.2. The smallest absolute Gasteiger partial charge is 0.329 e. The van der Waals surface area contributed by atoms with Crippen LogP contribution in [0.5, 0.6) is 0 Å². The SMILES string of the molecule is CCCCC(CCCC)(CCCC)[Si](C)(CCCC)OC1CC(=O)C(CC)C=C(C)CC(C)CC(OC)C2OC(O)(C(=O)C(=O)N3CCCCC3C(=O)OC(C(C)=CC3CCC(OCC=O)C(OC)C3)C1C)C(C)CC2OC. The number of hydrogen-bond acceptors (Lipinski definition) is 13. The van der Waals surface area contributed by atoms with Gasteiger partial charge in [-0.25, -0.2) is 4.79 Å². The Labute approximate surface area is 473 Å². The molecular formula is C63H109NO13Si. The molecule has 448 valence electrons. The summed E-state index contributed by atoms with van der Waals surface area (Å²) in [6, 6.07) is -0.171. The number of aldehydes is 1. The second-order valence-electron chi connectivity index (χ2n) is 24.6. The van der Waals surface area contributed by atoms with E-state index < -0.39 is 80.2 Å². The number of carbonyl (C=O) groups is 5. The number of methoxy groups -OCH3 is 3. The molecule has 78 heavy (non-hydrogen) atoms. The summed E-state index contributed by atoms with van der Waals surface area (Å²) in [5.41, 5.74) is 1.87. The minimum Gasteiger partial charge on any atom is -0.456 e. The topological polar surface area (TPSA) is 173 Å². The summed E-state index contributed by atoms with van der Waals surface area (Å²) in [5, 5.41) is 12.4. The second kappa shape index (κ2) is 32.9. The van der Waals surface area contributed by atoms with Gasteiger partial charge in [0.05, 0.1) is 30.5 Å². The van der Waals surface area contributed by atoms with Gasteiger partial charge < -0.3 is 47.6 Å². The average molecular weight is 1120 g/mol. The lowest BCUT2D eigenvalue weighted by atomic mass is 9.81. The first-order valence-electron chi connectivity index (χ1n) is 30.9. The second-order valence-corrected chi connectivity index (χ2v) is 28.9. The Balaban J connectivity index is 2.01. The molecule has 2 saturated heterocycles. The molecule has 14 nitrogen and oxygen atoms in total. The highest BCUT2D eigenvalue weighted by Crippen LogP contribution is 2.55. The van der Waals surface area contributed by atoms with E-state index in [2.05, 4.69) is 74.1 Å². The van der Waals surface area contributed by atoms with Gasteiger partial charge in [-0.15, -0.1) is 0 Å². The van der Waals surface area contributed by atoms with E-state index >= 15 is 9.59 Å². The first kappa shape index (κ1) is 67.9. The molecule has 1 amide bonds. The van der Waals surface area contributed by atoms with Crippen molar-refractivity contribution in [2.45, 2.75) is 283 Å². The minimum atomic E-state index is -2.80. The number of piperidine rings is 1. The monoisotopic (exact) mass is 1120 g/mol. The number of cyclic esters (lactones) is 1. The quantitative estimate of drug-likeness (QED) is 0.0318. The van der Waals surface area contributed by atoms with Gasteiger partial charge in [-0.1, -0.05) is 124 Å². The van der Waals surface area contributed by atoms with Crippen molar-refractivity contribution >= 4 is 38.0 Å². The van der Waals surface area contributed by atoms with Gasteiger partial charge >= 0.3 is 5.97 Å². The number of ketones is 2. The molecule has 15 unspecified atom stereocenters. The van der Waals surface area contributed by atoms with Crippen LogP contribution in [-0.2, 0) is 56.8 Å². The molecule has 4 aliphatic rings. The Hall–Kier alpha value is -2.63. The van der Waals surface area contributed by atoms with Crippen molar-refractivity contribution in [1.29, 1.82) is 0 Å². The molecule has 0 aromatic heterocycles. The Kier molecular flexibility index (Phi) is 28.6. The average Bonchev–Trinajstić information content (AvgIpc) is 3.54. The van der Waals surface area contributed by atoms with Gasteiger partial charge in [0.15, 0.2) is 8.32 Å². The maximum Gasteiger partial charge on any atom is 0.329 e. The van der Waals surface area contributed by atoms with Crippen molar-refractivity contribution < 1.29 is 61.9 Å². The number of unbranched alkanes of at least 4 members (excludes halogenated alkanes) is 4. The third-order valence-corrected chi connectivity index (χ3v) is 23.9. The number of allylic oxidation sites excluding steroid dienone is 3. The third kappa shape index (κ3) is 17.5. The molecule has 3 aliphatic heterocycles. The summed E-state index contributed by atoms with van der Waals surface area (Å²) in [6.07, 6.45) is 18.3. The molecule has 3 heterocycles. The lowest BCUT2D eigenvalue weighted by Gasteiger charge is -2.50. The molecule has 15 atom stereocenters. The van der Waals surface area contributed by atoms with Crippen LogP contribution in [0.25, 0.3) is 0 Å². The van der Waals surface area contributed by atoms with E-state index in [0.717, 1.165) is 101 Å². The van der Waals surface area contributed by atoms with Crippen LogP contribution in [0, 0.1) is 29.6 Å². The molecule has 2 bridgehead atoms. The summed E-state index contributed by atoms with van der Waals surface area (Å²) in [4.78, 5) is 73.0. The van der Waals surface area contributed by atoms with Gasteiger partial charge in [0.2, 0.25) is 5.79 Å². The zero-order chi connectivity index (χ0) is 57.8. The number of fused-ring (bicyclic) bond motifs is 3. The maximum atomic E-state index is 15.4. The molecular weight excluding hydrogens is 1010 g/mol. The van der Waals surface area contributed by atoms with E-state index in [1.807, 2.05) is 6.92 Å². The first-order valence-corrected chi connectivity index (χ1v) is 33.5. The van der Waals surface area contributed by atoms with Crippen LogP contribution in [0.15, 0.2) is 23.3 Å². The molecule has 1 aliphatic carbocycles. The molecule has 1 saturated carbocycles. The number of nitrogens with zero attached hydrogens (tertiary/aromatic N) is 1. The predicted molar refractivity (Wildman–Crippen MR) is 309 cm³/mol. The summed E-state index contributed by atoms with van der Waals surface area (Å²) >= 11 is 0. The predicted octanol–water partition coefficient (Wildman–Crippen LogP) is 12.4. The summed E-state index contributed by atoms with van der Waals surface area (Å²) in [5.74, 6) is -6.88. The van der Waals surface area contributed by atoms with E-state index in [9.17, 15) is 19.5 Å². The Morgan fingerprint density at radius 2 is 1.42 bits per heavy atom. The van der Waals surface area contributed by atoms with Gasteiger partial charge in [-0.3, -0.25) is 14.4 Å². The van der Waals surface area contributed by atoms with Crippen molar-refractivity contribution in [3.05, 3.63) is 23.3 Å². The van der Waals surface area contributed by atoms with Gasteiger partial charge in [-0.05, 0) is 132 Å². The molecule has 15 heteroatoms. The van der Waals surface area contributed by atoms with Crippen LogP contribution in [0.1, 0.15) is 210 Å². The number of Topliss-reactive ketones (excluding diaryl/α,β-unsaturated/α-hetero) is 2. The normalized spacial score (nSPS) is 33.6. The summed E-state index contributed by atoms with van der Waals surface area (Å²) < 4.78 is 45.4.